The minimum atomic E-state index is -0.250. The fourth-order valence-corrected chi connectivity index (χ4v) is 3.06. The molecule has 1 fully saturated rings. The van der Waals surface area contributed by atoms with E-state index >= 15 is 0 Å². The van der Waals surface area contributed by atoms with Gasteiger partial charge in [0.15, 0.2) is 0 Å². The van der Waals surface area contributed by atoms with Gasteiger partial charge in [0.2, 0.25) is 0 Å². The standard InChI is InChI=1S/C15H21ClFN/c1-2-10-18-15(11-6-3-4-7-11)12-8-5-9-13(16)14(12)17/h5,8-9,11,15,18H,2-4,6-7,10H2,1H3. The third kappa shape index (κ3) is 3.04. The average Bonchev–Trinajstić information content (AvgIpc) is 2.88. The summed E-state index contributed by atoms with van der Waals surface area (Å²) in [5.41, 5.74) is 0.739. The highest BCUT2D eigenvalue weighted by atomic mass is 35.5. The van der Waals surface area contributed by atoms with Crippen molar-refractivity contribution in [2.24, 2.45) is 5.92 Å². The van der Waals surface area contributed by atoms with Crippen molar-refractivity contribution < 1.29 is 4.39 Å². The molecular weight excluding hydrogens is 249 g/mol. The van der Waals surface area contributed by atoms with E-state index in [-0.39, 0.29) is 16.9 Å². The maximum Gasteiger partial charge on any atom is 0.146 e. The molecule has 3 heteroatoms. The number of nitrogens with one attached hydrogen (secondary N) is 1. The van der Waals surface area contributed by atoms with Crippen LogP contribution >= 0.6 is 11.6 Å². The van der Waals surface area contributed by atoms with Gasteiger partial charge in [0.05, 0.1) is 5.02 Å². The van der Waals surface area contributed by atoms with E-state index in [1.807, 2.05) is 12.1 Å². The lowest BCUT2D eigenvalue weighted by Gasteiger charge is -2.26. The van der Waals surface area contributed by atoms with Crippen LogP contribution in [0, 0.1) is 11.7 Å². The van der Waals surface area contributed by atoms with Crippen molar-refractivity contribution in [1.29, 1.82) is 0 Å². The van der Waals surface area contributed by atoms with Gasteiger partial charge in [-0.15, -0.1) is 0 Å². The number of hydrogen-bond donors (Lipinski definition) is 1. The van der Waals surface area contributed by atoms with Gasteiger partial charge in [-0.3, -0.25) is 0 Å². The first kappa shape index (κ1) is 13.8. The molecule has 0 bridgehead atoms. The van der Waals surface area contributed by atoms with Gasteiger partial charge < -0.3 is 5.32 Å². The molecule has 1 aromatic carbocycles. The fraction of sp³-hybridized carbons (Fsp3) is 0.600. The van der Waals surface area contributed by atoms with Crippen LogP contribution in [0.25, 0.3) is 0 Å². The number of halogens is 2. The van der Waals surface area contributed by atoms with E-state index in [0.717, 1.165) is 18.5 Å². The molecule has 1 N–H and O–H groups in total. The summed E-state index contributed by atoms with van der Waals surface area (Å²) in [6.07, 6.45) is 5.96. The van der Waals surface area contributed by atoms with Crippen LogP contribution in [0.1, 0.15) is 50.6 Å². The first-order chi connectivity index (χ1) is 8.74. The smallest absolute Gasteiger partial charge is 0.146 e. The second-order valence-electron chi connectivity index (χ2n) is 5.12. The lowest BCUT2D eigenvalue weighted by molar-refractivity contribution is 0.357. The van der Waals surface area contributed by atoms with E-state index in [2.05, 4.69) is 12.2 Å². The summed E-state index contributed by atoms with van der Waals surface area (Å²) < 4.78 is 14.2. The average molecular weight is 270 g/mol. The lowest BCUT2D eigenvalue weighted by atomic mass is 9.91. The molecule has 0 saturated heterocycles. The predicted octanol–water partition coefficient (Wildman–Crippen LogP) is 4.71. The molecule has 18 heavy (non-hydrogen) atoms. The summed E-state index contributed by atoms with van der Waals surface area (Å²) in [6.45, 7) is 3.06. The summed E-state index contributed by atoms with van der Waals surface area (Å²) in [5.74, 6) is 0.296. The first-order valence-corrected chi connectivity index (χ1v) is 7.29. The third-order valence-electron chi connectivity index (χ3n) is 3.80. The van der Waals surface area contributed by atoms with E-state index in [4.69, 9.17) is 11.6 Å². The van der Waals surface area contributed by atoms with E-state index in [1.54, 1.807) is 6.07 Å². The van der Waals surface area contributed by atoms with Crippen molar-refractivity contribution in [3.8, 4) is 0 Å². The zero-order chi connectivity index (χ0) is 13.0. The summed E-state index contributed by atoms with van der Waals surface area (Å²) in [6, 6.07) is 5.45. The van der Waals surface area contributed by atoms with Gasteiger partial charge in [-0.25, -0.2) is 4.39 Å². The molecular formula is C15H21ClFN. The topological polar surface area (TPSA) is 12.0 Å². The Labute approximate surface area is 114 Å². The molecule has 1 aliphatic rings. The summed E-state index contributed by atoms with van der Waals surface area (Å²) in [5, 5.41) is 3.73. The van der Waals surface area contributed by atoms with E-state index in [1.165, 1.54) is 25.7 Å². The van der Waals surface area contributed by atoms with Crippen LogP contribution in [0.15, 0.2) is 18.2 Å². The first-order valence-electron chi connectivity index (χ1n) is 6.91. The second kappa shape index (κ2) is 6.53. The normalized spacial score (nSPS) is 18.2. The number of rotatable bonds is 5. The summed E-state index contributed by atoms with van der Waals surface area (Å²) >= 11 is 5.90. The van der Waals surface area contributed by atoms with Gasteiger partial charge in [0.1, 0.15) is 5.82 Å². The number of hydrogen-bond acceptors (Lipinski definition) is 1. The quantitative estimate of drug-likeness (QED) is 0.816. The molecule has 1 nitrogen and oxygen atoms in total. The van der Waals surface area contributed by atoms with Crippen LogP contribution in [-0.4, -0.2) is 6.54 Å². The van der Waals surface area contributed by atoms with Crippen LogP contribution in [-0.2, 0) is 0 Å². The molecule has 100 valence electrons. The van der Waals surface area contributed by atoms with Crippen LogP contribution in [0.4, 0.5) is 4.39 Å². The minimum Gasteiger partial charge on any atom is -0.310 e. The molecule has 0 aromatic heterocycles. The van der Waals surface area contributed by atoms with Crippen molar-refractivity contribution in [3.63, 3.8) is 0 Å². The lowest BCUT2D eigenvalue weighted by Crippen LogP contribution is -2.28. The van der Waals surface area contributed by atoms with Crippen molar-refractivity contribution >= 4 is 11.6 Å². The Hall–Kier alpha value is -0.600. The maximum atomic E-state index is 14.2. The van der Waals surface area contributed by atoms with Crippen LogP contribution < -0.4 is 5.32 Å². The maximum absolute atomic E-state index is 14.2. The highest BCUT2D eigenvalue weighted by Crippen LogP contribution is 2.37. The highest BCUT2D eigenvalue weighted by Gasteiger charge is 2.28. The highest BCUT2D eigenvalue weighted by molar-refractivity contribution is 6.30. The van der Waals surface area contributed by atoms with Gasteiger partial charge in [0.25, 0.3) is 0 Å². The molecule has 0 radical (unpaired) electrons. The van der Waals surface area contributed by atoms with Gasteiger partial charge in [-0.2, -0.15) is 0 Å². The fourth-order valence-electron chi connectivity index (χ4n) is 2.88. The van der Waals surface area contributed by atoms with E-state index in [9.17, 15) is 4.39 Å². The molecule has 1 unspecified atom stereocenters. The molecule has 0 heterocycles. The molecule has 1 saturated carbocycles. The Morgan fingerprint density at radius 3 is 2.78 bits per heavy atom. The second-order valence-corrected chi connectivity index (χ2v) is 5.53. The van der Waals surface area contributed by atoms with Crippen LogP contribution in [0.3, 0.4) is 0 Å². The van der Waals surface area contributed by atoms with E-state index < -0.39 is 0 Å². The summed E-state index contributed by atoms with van der Waals surface area (Å²) in [7, 11) is 0. The predicted molar refractivity (Wildman–Crippen MR) is 74.4 cm³/mol. The molecule has 0 spiro atoms. The molecule has 2 rings (SSSR count). The van der Waals surface area contributed by atoms with Gasteiger partial charge >= 0.3 is 0 Å². The molecule has 1 atom stereocenters. The van der Waals surface area contributed by atoms with Crippen molar-refractivity contribution in [2.75, 3.05) is 6.54 Å². The minimum absolute atomic E-state index is 0.117. The molecule has 0 amide bonds. The summed E-state index contributed by atoms with van der Waals surface area (Å²) in [4.78, 5) is 0. The monoisotopic (exact) mass is 269 g/mol. The van der Waals surface area contributed by atoms with Crippen molar-refractivity contribution in [1.82, 2.24) is 5.32 Å². The van der Waals surface area contributed by atoms with Gasteiger partial charge in [-0.1, -0.05) is 43.5 Å². The molecule has 1 aliphatic carbocycles. The largest absolute Gasteiger partial charge is 0.310 e. The van der Waals surface area contributed by atoms with Crippen molar-refractivity contribution in [2.45, 2.75) is 45.1 Å². The Kier molecular flexibility index (Phi) is 5.02. The molecule has 0 aliphatic heterocycles. The zero-order valence-electron chi connectivity index (χ0n) is 10.9. The zero-order valence-corrected chi connectivity index (χ0v) is 11.6. The number of benzene rings is 1. The van der Waals surface area contributed by atoms with E-state index in [0.29, 0.717) is 5.92 Å². The SMILES string of the molecule is CCCNC(c1cccc(Cl)c1F)C1CCCC1. The Balaban J connectivity index is 2.23. The molecule has 1 aromatic rings. The van der Waals surface area contributed by atoms with Gasteiger partial charge in [-0.05, 0) is 37.8 Å². The Bertz CT molecular complexity index is 388. The van der Waals surface area contributed by atoms with Gasteiger partial charge in [0, 0.05) is 11.6 Å². The van der Waals surface area contributed by atoms with Crippen molar-refractivity contribution in [3.05, 3.63) is 34.6 Å². The third-order valence-corrected chi connectivity index (χ3v) is 4.09. The van der Waals surface area contributed by atoms with Crippen LogP contribution in [0.5, 0.6) is 0 Å². The van der Waals surface area contributed by atoms with Crippen LogP contribution in [0.2, 0.25) is 5.02 Å². The Morgan fingerprint density at radius 2 is 2.11 bits per heavy atom. The Morgan fingerprint density at radius 1 is 1.39 bits per heavy atom.